The molecule has 1 aromatic rings. The van der Waals surface area contributed by atoms with Crippen LogP contribution in [0.2, 0.25) is 19.6 Å². The third-order valence-corrected chi connectivity index (χ3v) is 2.78. The van der Waals surface area contributed by atoms with Gasteiger partial charge < -0.3 is 9.16 Å². The van der Waals surface area contributed by atoms with Crippen LogP contribution in [0, 0.1) is 0 Å². The van der Waals surface area contributed by atoms with Crippen LogP contribution in [0.5, 0.6) is 5.75 Å². The van der Waals surface area contributed by atoms with Crippen molar-refractivity contribution >= 4 is 20.3 Å². The van der Waals surface area contributed by atoms with Crippen LogP contribution in [-0.2, 0) is 9.53 Å². The zero-order valence-corrected chi connectivity index (χ0v) is 12.1. The lowest BCUT2D eigenvalue weighted by Crippen LogP contribution is -2.29. The van der Waals surface area contributed by atoms with E-state index < -0.39 is 26.4 Å². The number of hydrogen-bond acceptors (Lipinski definition) is 4. The minimum Gasteiger partial charge on any atom is -0.544 e. The van der Waals surface area contributed by atoms with Crippen LogP contribution in [-0.4, -0.2) is 26.4 Å². The Morgan fingerprint density at radius 3 is 1.95 bits per heavy atom. The zero-order chi connectivity index (χ0) is 15.6. The average molecular weight is 306 g/mol. The molecule has 0 spiro atoms. The van der Waals surface area contributed by atoms with E-state index >= 15 is 0 Å². The molecule has 0 radical (unpaired) electrons. The van der Waals surface area contributed by atoms with Crippen molar-refractivity contribution in [2.45, 2.75) is 25.8 Å². The lowest BCUT2D eigenvalue weighted by molar-refractivity contribution is -0.193. The molecule has 110 valence electrons. The van der Waals surface area contributed by atoms with Gasteiger partial charge in [0.2, 0.25) is 8.32 Å². The maximum Gasteiger partial charge on any atom is 0.491 e. The molecule has 0 aliphatic heterocycles. The molecule has 20 heavy (non-hydrogen) atoms. The van der Waals surface area contributed by atoms with Crippen molar-refractivity contribution in [3.63, 3.8) is 0 Å². The number of benzene rings is 1. The Morgan fingerprint density at radius 2 is 1.55 bits per heavy atom. The fourth-order valence-corrected chi connectivity index (χ4v) is 2.06. The number of hydrogen-bond donors (Lipinski definition) is 0. The maximum atomic E-state index is 11.9. The molecule has 0 heterocycles. The van der Waals surface area contributed by atoms with Crippen molar-refractivity contribution < 1.29 is 31.9 Å². The van der Waals surface area contributed by atoms with Crippen molar-refractivity contribution in [2.75, 3.05) is 0 Å². The molecule has 0 aliphatic carbocycles. The minimum atomic E-state index is -5.20. The van der Waals surface area contributed by atoms with E-state index in [0.717, 1.165) is 0 Å². The summed E-state index contributed by atoms with van der Waals surface area (Å²) in [5.74, 6) is -3.39. The second-order valence-corrected chi connectivity index (χ2v) is 9.34. The first kappa shape index (κ1) is 16.2. The highest BCUT2D eigenvalue weighted by molar-refractivity contribution is 6.70. The molecule has 0 bridgehead atoms. The van der Waals surface area contributed by atoms with E-state index in [1.807, 2.05) is 19.6 Å². The summed E-state index contributed by atoms with van der Waals surface area (Å²) in [5, 5.41) is 0. The van der Waals surface area contributed by atoms with E-state index in [1.54, 1.807) is 0 Å². The third-order valence-electron chi connectivity index (χ3n) is 1.93. The Hall–Kier alpha value is -1.83. The average Bonchev–Trinajstić information content (AvgIpc) is 2.26. The molecule has 0 fully saturated rings. The van der Waals surface area contributed by atoms with Gasteiger partial charge in [-0.3, -0.25) is 0 Å². The standard InChI is InChI=1S/C12H13F3O4Si/c1-20(2,3)19-9-6-4-8(5-7-9)10(16)18-11(17)12(13,14)15/h4-7H,1-3H3. The van der Waals surface area contributed by atoms with Gasteiger partial charge in [0.15, 0.2) is 0 Å². The van der Waals surface area contributed by atoms with E-state index in [-0.39, 0.29) is 5.56 Å². The smallest absolute Gasteiger partial charge is 0.491 e. The van der Waals surface area contributed by atoms with Gasteiger partial charge in [0.1, 0.15) is 5.75 Å². The SMILES string of the molecule is C[Si](C)(C)Oc1ccc(C(=O)OC(=O)C(F)(F)F)cc1. The van der Waals surface area contributed by atoms with Gasteiger partial charge in [0.25, 0.3) is 0 Å². The van der Waals surface area contributed by atoms with Gasteiger partial charge in [-0.2, -0.15) is 13.2 Å². The fraction of sp³-hybridized carbons (Fsp3) is 0.333. The lowest BCUT2D eigenvalue weighted by Gasteiger charge is -2.19. The molecule has 0 unspecified atom stereocenters. The number of esters is 2. The van der Waals surface area contributed by atoms with Gasteiger partial charge in [-0.05, 0) is 43.9 Å². The van der Waals surface area contributed by atoms with Gasteiger partial charge >= 0.3 is 18.1 Å². The van der Waals surface area contributed by atoms with Crippen LogP contribution in [0.4, 0.5) is 13.2 Å². The van der Waals surface area contributed by atoms with Crippen molar-refractivity contribution in [3.8, 4) is 5.75 Å². The monoisotopic (exact) mass is 306 g/mol. The minimum absolute atomic E-state index is 0.162. The summed E-state index contributed by atoms with van der Waals surface area (Å²) in [5.41, 5.74) is -0.162. The summed E-state index contributed by atoms with van der Waals surface area (Å²) in [6.07, 6.45) is -5.20. The number of rotatable bonds is 3. The molecule has 8 heteroatoms. The van der Waals surface area contributed by atoms with E-state index in [9.17, 15) is 22.8 Å². The zero-order valence-electron chi connectivity index (χ0n) is 11.1. The first-order valence-corrected chi connectivity index (χ1v) is 9.02. The predicted octanol–water partition coefficient (Wildman–Crippen LogP) is 3.15. The molecule has 0 aliphatic rings. The quantitative estimate of drug-likeness (QED) is 0.489. The summed E-state index contributed by atoms with van der Waals surface area (Å²) < 4.78 is 45.1. The van der Waals surface area contributed by atoms with E-state index in [1.165, 1.54) is 24.3 Å². The molecule has 0 N–H and O–H groups in total. The molecule has 0 atom stereocenters. The summed E-state index contributed by atoms with van der Waals surface area (Å²) in [6, 6.07) is 5.35. The van der Waals surface area contributed by atoms with E-state index in [2.05, 4.69) is 4.74 Å². The Morgan fingerprint density at radius 1 is 1.05 bits per heavy atom. The number of carbonyl (C=O) groups excluding carboxylic acids is 2. The van der Waals surface area contributed by atoms with E-state index in [0.29, 0.717) is 5.75 Å². The van der Waals surface area contributed by atoms with Crippen molar-refractivity contribution in [1.29, 1.82) is 0 Å². The first-order chi connectivity index (χ1) is 8.99. The topological polar surface area (TPSA) is 52.6 Å². The highest BCUT2D eigenvalue weighted by Crippen LogP contribution is 2.20. The van der Waals surface area contributed by atoms with Crippen LogP contribution >= 0.6 is 0 Å². The van der Waals surface area contributed by atoms with Gasteiger partial charge in [-0.1, -0.05) is 0 Å². The molecular weight excluding hydrogens is 293 g/mol. The lowest BCUT2D eigenvalue weighted by atomic mass is 10.2. The summed E-state index contributed by atoms with van der Waals surface area (Å²) >= 11 is 0. The summed E-state index contributed by atoms with van der Waals surface area (Å²) in [4.78, 5) is 21.8. The van der Waals surface area contributed by atoms with Crippen LogP contribution in [0.1, 0.15) is 10.4 Å². The van der Waals surface area contributed by atoms with Crippen LogP contribution < -0.4 is 4.43 Å². The molecule has 0 aromatic heterocycles. The van der Waals surface area contributed by atoms with Gasteiger partial charge in [0, 0.05) is 0 Å². The number of alkyl halides is 3. The van der Waals surface area contributed by atoms with Gasteiger partial charge in [0.05, 0.1) is 5.56 Å². The predicted molar refractivity (Wildman–Crippen MR) is 66.9 cm³/mol. The number of ether oxygens (including phenoxy) is 1. The molecule has 1 aromatic carbocycles. The first-order valence-electron chi connectivity index (χ1n) is 5.61. The largest absolute Gasteiger partial charge is 0.544 e. The molecule has 0 amide bonds. The Kier molecular flexibility index (Phi) is 4.59. The molecule has 0 saturated heterocycles. The Balaban J connectivity index is 2.74. The molecule has 1 rings (SSSR count). The molecule has 4 nitrogen and oxygen atoms in total. The van der Waals surface area contributed by atoms with Crippen LogP contribution in [0.15, 0.2) is 24.3 Å². The van der Waals surface area contributed by atoms with Crippen LogP contribution in [0.25, 0.3) is 0 Å². The number of carbonyl (C=O) groups is 2. The molecular formula is C12H13F3O4Si. The maximum absolute atomic E-state index is 11.9. The fourth-order valence-electron chi connectivity index (χ4n) is 1.21. The molecule has 0 saturated carbocycles. The second kappa shape index (κ2) is 5.66. The third kappa shape index (κ3) is 5.04. The van der Waals surface area contributed by atoms with Gasteiger partial charge in [-0.25, -0.2) is 9.59 Å². The normalized spacial score (nSPS) is 11.9. The number of halogens is 3. The van der Waals surface area contributed by atoms with Crippen molar-refractivity contribution in [3.05, 3.63) is 29.8 Å². The second-order valence-electron chi connectivity index (χ2n) is 4.91. The Labute approximate surface area is 114 Å². The van der Waals surface area contributed by atoms with Crippen molar-refractivity contribution in [2.24, 2.45) is 0 Å². The Bertz CT molecular complexity index is 503. The summed E-state index contributed by atoms with van der Waals surface area (Å²) in [7, 11) is -1.81. The van der Waals surface area contributed by atoms with E-state index in [4.69, 9.17) is 4.43 Å². The highest BCUT2D eigenvalue weighted by Gasteiger charge is 2.42. The highest BCUT2D eigenvalue weighted by atomic mass is 28.4. The summed E-state index contributed by atoms with van der Waals surface area (Å²) in [6.45, 7) is 5.87. The van der Waals surface area contributed by atoms with Crippen LogP contribution in [0.3, 0.4) is 0 Å². The van der Waals surface area contributed by atoms with Crippen molar-refractivity contribution in [1.82, 2.24) is 0 Å². The van der Waals surface area contributed by atoms with Gasteiger partial charge in [-0.15, -0.1) is 0 Å².